The van der Waals surface area contributed by atoms with E-state index in [0.29, 0.717) is 30.2 Å². The van der Waals surface area contributed by atoms with Crippen molar-refractivity contribution in [3.05, 3.63) is 38.8 Å². The van der Waals surface area contributed by atoms with Crippen molar-refractivity contribution in [1.29, 1.82) is 0 Å². The van der Waals surface area contributed by atoms with Gasteiger partial charge in [-0.1, -0.05) is 45.8 Å². The van der Waals surface area contributed by atoms with E-state index in [1.165, 1.54) is 21.6 Å². The van der Waals surface area contributed by atoms with Crippen LogP contribution >= 0.6 is 21.6 Å². The van der Waals surface area contributed by atoms with Crippen LogP contribution in [0.3, 0.4) is 0 Å². The van der Waals surface area contributed by atoms with Crippen molar-refractivity contribution in [3.63, 3.8) is 0 Å². The highest BCUT2D eigenvalue weighted by molar-refractivity contribution is 8.76. The Morgan fingerprint density at radius 3 is 2.79 bits per heavy atom. The molecule has 1 aromatic rings. The van der Waals surface area contributed by atoms with Gasteiger partial charge in [0.05, 0.1) is 12.7 Å². The van der Waals surface area contributed by atoms with E-state index >= 15 is 0 Å². The number of carbonyl (C=O) groups excluding carboxylic acids is 2. The highest BCUT2D eigenvalue weighted by Gasteiger charge is 2.37. The zero-order valence-electron chi connectivity index (χ0n) is 24.6. The summed E-state index contributed by atoms with van der Waals surface area (Å²) in [4.78, 5) is 42.6. The van der Waals surface area contributed by atoms with Gasteiger partial charge in [0.15, 0.2) is 0 Å². The Labute approximate surface area is 257 Å². The number of nitrogens with one attached hydrogen (secondary N) is 2. The molecule has 1 fully saturated rings. The van der Waals surface area contributed by atoms with Crippen molar-refractivity contribution >= 4 is 45.7 Å². The number of carbonyl (C=O) groups is 2. The molecule has 0 saturated carbocycles. The van der Waals surface area contributed by atoms with E-state index in [9.17, 15) is 19.5 Å². The Hall–Kier alpha value is -3.15. The summed E-state index contributed by atoms with van der Waals surface area (Å²) in [6, 6.07) is 0. The summed E-state index contributed by atoms with van der Waals surface area (Å²) < 4.78 is 22.8. The van der Waals surface area contributed by atoms with Gasteiger partial charge < -0.3 is 40.4 Å². The van der Waals surface area contributed by atoms with Crippen molar-refractivity contribution in [3.8, 4) is 0 Å². The molecule has 2 heterocycles. The normalized spacial score (nSPS) is 19.0. The molecule has 18 heteroatoms. The fourth-order valence-electron chi connectivity index (χ4n) is 3.62. The third kappa shape index (κ3) is 13.8. The second-order valence-electron chi connectivity index (χ2n) is 10.3. The number of aliphatic hydroxyl groups excluding tert-OH is 1. The second kappa shape index (κ2) is 18.5. The number of amides is 2. The lowest BCUT2D eigenvalue weighted by atomic mass is 10.1. The second-order valence-corrected chi connectivity index (χ2v) is 13.0. The minimum absolute atomic E-state index is 0.0286. The smallest absolute Gasteiger partial charge is 0.407 e. The Bertz CT molecular complexity index is 1190. The van der Waals surface area contributed by atoms with Crippen molar-refractivity contribution in [2.75, 3.05) is 50.3 Å². The summed E-state index contributed by atoms with van der Waals surface area (Å²) >= 11 is 0. The van der Waals surface area contributed by atoms with Crippen molar-refractivity contribution in [1.82, 2.24) is 20.2 Å². The van der Waals surface area contributed by atoms with E-state index in [4.69, 9.17) is 30.2 Å². The highest BCUT2D eigenvalue weighted by Crippen LogP contribution is 2.30. The predicted molar refractivity (Wildman–Crippen MR) is 164 cm³/mol. The highest BCUT2D eigenvalue weighted by atomic mass is 33.1. The van der Waals surface area contributed by atoms with E-state index in [2.05, 4.69) is 25.6 Å². The van der Waals surface area contributed by atoms with Gasteiger partial charge in [-0.05, 0) is 32.2 Å². The Morgan fingerprint density at radius 2 is 2.09 bits per heavy atom. The molecule has 1 aliphatic heterocycles. The number of nitrogen functional groups attached to an aromatic ring is 1. The molecule has 0 aliphatic carbocycles. The number of ether oxygens (including phenoxy) is 4. The quantitative estimate of drug-likeness (QED) is 0.0670. The maximum absolute atomic E-state index is 12.5. The van der Waals surface area contributed by atoms with Gasteiger partial charge in [-0.25, -0.2) is 14.4 Å². The summed E-state index contributed by atoms with van der Waals surface area (Å²) in [5, 5.41) is 18.3. The Kier molecular flexibility index (Phi) is 15.5. The van der Waals surface area contributed by atoms with Crippen LogP contribution in [-0.2, 0) is 18.9 Å². The largest absolute Gasteiger partial charge is 0.449 e. The standard InChI is InChI=1S/C25H40N8O8S2/c1-16(12-29-23(36)38-8-10-43-42-9-7-28-24(37)41-25(2,3)4)5-6-17-13-33(22(35)31-21(17)26)20-11-18(19(14-34)40-20)39-15-30-32-27/h5-6,13,16,18-20,34H,7-12,14-15H2,1-4H3,(H,28,37)(H,29,36)(H2,26,31,35)/b6-5+/t16?,18?,19-,20-/m1/s1. The molecule has 0 radical (unpaired) electrons. The first-order valence-corrected chi connectivity index (χ1v) is 16.0. The number of nitrogens with zero attached hydrogens (tertiary/aromatic N) is 5. The number of aromatic nitrogens is 2. The van der Waals surface area contributed by atoms with Crippen LogP contribution in [0.4, 0.5) is 15.4 Å². The van der Waals surface area contributed by atoms with E-state index in [1.54, 1.807) is 43.7 Å². The molecule has 2 rings (SSSR count). The molecule has 4 atom stereocenters. The third-order valence-corrected chi connectivity index (χ3v) is 7.97. The number of aliphatic hydroxyl groups is 1. The van der Waals surface area contributed by atoms with Gasteiger partial charge in [0, 0.05) is 47.7 Å². The first-order valence-electron chi connectivity index (χ1n) is 13.5. The number of azide groups is 1. The van der Waals surface area contributed by atoms with Crippen molar-refractivity contribution in [2.24, 2.45) is 11.0 Å². The molecule has 0 aromatic carbocycles. The van der Waals surface area contributed by atoms with Crippen LogP contribution in [0.25, 0.3) is 16.5 Å². The monoisotopic (exact) mass is 644 g/mol. The maximum Gasteiger partial charge on any atom is 0.407 e. The summed E-state index contributed by atoms with van der Waals surface area (Å²) in [7, 11) is 3.08. The van der Waals surface area contributed by atoms with Crippen LogP contribution in [0.15, 0.2) is 22.2 Å². The fraction of sp³-hybridized carbons (Fsp3) is 0.680. The summed E-state index contributed by atoms with van der Waals surface area (Å²) in [5.41, 5.74) is 13.7. The molecule has 1 aromatic heterocycles. The van der Waals surface area contributed by atoms with E-state index in [-0.39, 0.29) is 38.1 Å². The lowest BCUT2D eigenvalue weighted by Crippen LogP contribution is -2.33. The molecule has 2 unspecified atom stereocenters. The average Bonchev–Trinajstić information content (AvgIpc) is 3.34. The molecule has 2 amide bonds. The first-order chi connectivity index (χ1) is 20.4. The molecular formula is C25H40N8O8S2. The summed E-state index contributed by atoms with van der Waals surface area (Å²) in [6.07, 6.45) is 2.18. The lowest BCUT2D eigenvalue weighted by Gasteiger charge is -2.19. The SMILES string of the molecule is CC(/C=C/c1cn([C@H]2CC(OCN=[N+]=[N-])[C@@H](CO)O2)c(=O)nc1N)CNC(=O)OCCSSCCNC(=O)OC(C)(C)C. The van der Waals surface area contributed by atoms with Gasteiger partial charge in [0.1, 0.15) is 37.1 Å². The number of hydrogen-bond donors (Lipinski definition) is 4. The van der Waals surface area contributed by atoms with Gasteiger partial charge in [0.25, 0.3) is 0 Å². The first kappa shape index (κ1) is 36.0. The lowest BCUT2D eigenvalue weighted by molar-refractivity contribution is -0.0612. The number of anilines is 1. The fourth-order valence-corrected chi connectivity index (χ4v) is 5.36. The molecule has 0 spiro atoms. The van der Waals surface area contributed by atoms with Crippen LogP contribution in [0.5, 0.6) is 0 Å². The third-order valence-electron chi connectivity index (χ3n) is 5.60. The molecule has 43 heavy (non-hydrogen) atoms. The molecule has 0 bridgehead atoms. The Balaban J connectivity index is 1.73. The zero-order valence-corrected chi connectivity index (χ0v) is 26.3. The average molecular weight is 645 g/mol. The number of hydrogen-bond acceptors (Lipinski definition) is 13. The molecule has 240 valence electrons. The van der Waals surface area contributed by atoms with Crippen molar-refractivity contribution < 1.29 is 33.6 Å². The number of nitrogens with two attached hydrogens (primary N) is 1. The zero-order chi connectivity index (χ0) is 31.8. The molecule has 5 N–H and O–H groups in total. The van der Waals surface area contributed by atoms with Gasteiger partial charge in [-0.3, -0.25) is 4.57 Å². The summed E-state index contributed by atoms with van der Waals surface area (Å²) in [5.74, 6) is 1.20. The molecule has 16 nitrogen and oxygen atoms in total. The predicted octanol–water partition coefficient (Wildman–Crippen LogP) is 3.04. The molecular weight excluding hydrogens is 604 g/mol. The minimum atomic E-state index is -0.764. The van der Waals surface area contributed by atoms with E-state index < -0.39 is 41.9 Å². The van der Waals surface area contributed by atoms with Crippen LogP contribution in [0, 0.1) is 5.92 Å². The van der Waals surface area contributed by atoms with Gasteiger partial charge in [-0.2, -0.15) is 4.98 Å². The van der Waals surface area contributed by atoms with Crippen LogP contribution in [0.2, 0.25) is 0 Å². The Morgan fingerprint density at radius 1 is 1.35 bits per heavy atom. The van der Waals surface area contributed by atoms with Gasteiger partial charge in [-0.15, -0.1) is 0 Å². The van der Waals surface area contributed by atoms with Crippen LogP contribution in [0.1, 0.15) is 45.9 Å². The number of alkyl carbamates (subject to hydrolysis) is 2. The van der Waals surface area contributed by atoms with Gasteiger partial charge in [0.2, 0.25) is 0 Å². The van der Waals surface area contributed by atoms with E-state index in [0.717, 1.165) is 0 Å². The number of rotatable bonds is 16. The van der Waals surface area contributed by atoms with E-state index in [1.807, 2.05) is 6.92 Å². The van der Waals surface area contributed by atoms with Gasteiger partial charge >= 0.3 is 17.9 Å². The molecule has 1 aliphatic rings. The summed E-state index contributed by atoms with van der Waals surface area (Å²) in [6.45, 7) is 7.71. The van der Waals surface area contributed by atoms with Crippen LogP contribution < -0.4 is 22.1 Å². The molecule has 1 saturated heterocycles. The minimum Gasteiger partial charge on any atom is -0.449 e. The topological polar surface area (TPSA) is 225 Å². The van der Waals surface area contributed by atoms with Crippen molar-refractivity contribution in [2.45, 2.75) is 58.2 Å². The van der Waals surface area contributed by atoms with Crippen LogP contribution in [-0.4, -0.2) is 89.2 Å². The maximum atomic E-state index is 12.5.